The van der Waals surface area contributed by atoms with E-state index in [2.05, 4.69) is 41.7 Å². The van der Waals surface area contributed by atoms with Crippen LogP contribution in [0, 0.1) is 6.92 Å². The maximum Gasteiger partial charge on any atom is 0.233 e. The number of Topliss-reactive ketones (excluding diaryl/α,β-unsaturated/α-hetero) is 1. The molecule has 2 N–H and O–H groups in total. The number of ether oxygens (including phenoxy) is 1. The van der Waals surface area contributed by atoms with E-state index in [1.807, 2.05) is 19.1 Å². The monoisotopic (exact) mass is 430 g/mol. The lowest BCUT2D eigenvalue weighted by Crippen LogP contribution is -2.29. The molecule has 0 spiro atoms. The van der Waals surface area contributed by atoms with E-state index in [9.17, 15) is 9.90 Å². The molecule has 3 aromatic rings. The molecule has 1 aromatic heterocycles. The Bertz CT molecular complexity index is 1220. The third kappa shape index (κ3) is 3.27. The fourth-order valence-electron chi connectivity index (χ4n) is 4.94. The summed E-state index contributed by atoms with van der Waals surface area (Å²) in [6.45, 7) is 4.05. The van der Waals surface area contributed by atoms with Gasteiger partial charge in [0, 0.05) is 23.6 Å². The summed E-state index contributed by atoms with van der Waals surface area (Å²) < 4.78 is 10.9. The zero-order chi connectivity index (χ0) is 22.4. The third-order valence-corrected chi connectivity index (χ3v) is 6.65. The molecule has 2 atom stereocenters. The minimum Gasteiger partial charge on any atom is -0.504 e. The zero-order valence-corrected chi connectivity index (χ0v) is 18.4. The minimum absolute atomic E-state index is 0.0167. The average Bonchev–Trinajstić information content (AvgIpc) is 3.18. The molecule has 5 rings (SSSR count). The Kier molecular flexibility index (Phi) is 5.00. The van der Waals surface area contributed by atoms with Gasteiger partial charge in [-0.25, -0.2) is 0 Å². The standard InChI is InChI=1S/C26H26N2O4/c1-4-15-5-7-16(8-6-15)24-23-14(2)28-32-26(23)27-19-11-18(12-21(30)25(19)24)17-9-10-20(29)22(13-17)31-3/h5-10,13,18,24,27,29H,4,11-12H2,1-3H3. The summed E-state index contributed by atoms with van der Waals surface area (Å²) in [4.78, 5) is 13.6. The van der Waals surface area contributed by atoms with Crippen LogP contribution in [0.3, 0.4) is 0 Å². The van der Waals surface area contributed by atoms with Crippen molar-refractivity contribution < 1.29 is 19.2 Å². The molecule has 6 heteroatoms. The number of fused-ring (bicyclic) bond motifs is 1. The van der Waals surface area contributed by atoms with E-state index in [0.717, 1.165) is 40.1 Å². The van der Waals surface area contributed by atoms with E-state index in [4.69, 9.17) is 9.26 Å². The van der Waals surface area contributed by atoms with Gasteiger partial charge < -0.3 is 19.7 Å². The van der Waals surface area contributed by atoms with Crippen LogP contribution in [0.15, 0.2) is 58.3 Å². The van der Waals surface area contributed by atoms with E-state index >= 15 is 0 Å². The molecule has 2 heterocycles. The molecule has 0 amide bonds. The number of ketones is 1. The zero-order valence-electron chi connectivity index (χ0n) is 18.4. The summed E-state index contributed by atoms with van der Waals surface area (Å²) >= 11 is 0. The number of carbonyl (C=O) groups excluding carboxylic acids is 1. The van der Waals surface area contributed by atoms with Crippen molar-refractivity contribution >= 4 is 11.7 Å². The number of anilines is 1. The number of phenolic OH excluding ortho intramolecular Hbond substituents is 1. The number of nitrogens with zero attached hydrogens (tertiary/aromatic N) is 1. The highest BCUT2D eigenvalue weighted by Crippen LogP contribution is 2.49. The predicted octanol–water partition coefficient (Wildman–Crippen LogP) is 5.22. The smallest absolute Gasteiger partial charge is 0.233 e. The van der Waals surface area contributed by atoms with Crippen molar-refractivity contribution in [3.63, 3.8) is 0 Å². The highest BCUT2D eigenvalue weighted by molar-refractivity contribution is 6.01. The Morgan fingerprint density at radius 1 is 1.16 bits per heavy atom. The van der Waals surface area contributed by atoms with Crippen molar-refractivity contribution in [1.82, 2.24) is 5.16 Å². The average molecular weight is 431 g/mol. The van der Waals surface area contributed by atoms with E-state index in [1.54, 1.807) is 6.07 Å². The van der Waals surface area contributed by atoms with Gasteiger partial charge in [0.05, 0.1) is 18.4 Å². The number of rotatable bonds is 4. The third-order valence-electron chi connectivity index (χ3n) is 6.65. The number of aromatic hydroxyl groups is 1. The van der Waals surface area contributed by atoms with E-state index in [1.165, 1.54) is 12.7 Å². The van der Waals surface area contributed by atoms with Crippen molar-refractivity contribution in [2.24, 2.45) is 0 Å². The fraction of sp³-hybridized carbons (Fsp3) is 0.308. The molecule has 32 heavy (non-hydrogen) atoms. The van der Waals surface area contributed by atoms with Crippen molar-refractivity contribution in [3.05, 3.63) is 81.7 Å². The SMILES string of the molecule is CCc1ccc(C2C3=C(CC(c4ccc(O)c(OC)c4)CC3=O)Nc3onc(C)c32)cc1. The second kappa shape index (κ2) is 7.86. The summed E-state index contributed by atoms with van der Waals surface area (Å²) in [5.41, 5.74) is 6.71. The first-order chi connectivity index (χ1) is 15.5. The molecular formula is C26H26N2O4. The summed E-state index contributed by atoms with van der Waals surface area (Å²) in [6, 6.07) is 13.8. The van der Waals surface area contributed by atoms with Crippen LogP contribution >= 0.6 is 0 Å². The number of hydrogen-bond acceptors (Lipinski definition) is 6. The van der Waals surface area contributed by atoms with Crippen LogP contribution in [-0.2, 0) is 11.2 Å². The van der Waals surface area contributed by atoms with Gasteiger partial charge in [0.1, 0.15) is 0 Å². The van der Waals surface area contributed by atoms with Gasteiger partial charge in [-0.1, -0.05) is 42.4 Å². The van der Waals surface area contributed by atoms with Gasteiger partial charge in [0.15, 0.2) is 17.3 Å². The van der Waals surface area contributed by atoms with E-state index in [0.29, 0.717) is 24.5 Å². The molecular weight excluding hydrogens is 404 g/mol. The van der Waals surface area contributed by atoms with Crippen LogP contribution in [0.1, 0.15) is 59.5 Å². The molecule has 0 fully saturated rings. The molecule has 1 aliphatic heterocycles. The molecule has 164 valence electrons. The number of hydrogen-bond donors (Lipinski definition) is 2. The van der Waals surface area contributed by atoms with Gasteiger partial charge in [-0.05, 0) is 54.5 Å². The van der Waals surface area contributed by atoms with Gasteiger partial charge in [-0.3, -0.25) is 4.79 Å². The van der Waals surface area contributed by atoms with E-state index < -0.39 is 0 Å². The maximum atomic E-state index is 13.6. The fourth-order valence-corrected chi connectivity index (χ4v) is 4.94. The van der Waals surface area contributed by atoms with Gasteiger partial charge in [-0.2, -0.15) is 0 Å². The maximum absolute atomic E-state index is 13.6. The molecule has 6 nitrogen and oxygen atoms in total. The van der Waals surface area contributed by atoms with Crippen molar-refractivity contribution in [3.8, 4) is 11.5 Å². The Labute approximate surface area is 186 Å². The van der Waals surface area contributed by atoms with Gasteiger partial charge in [-0.15, -0.1) is 0 Å². The summed E-state index contributed by atoms with van der Waals surface area (Å²) in [5, 5.41) is 17.5. The van der Waals surface area contributed by atoms with Gasteiger partial charge >= 0.3 is 0 Å². The molecule has 0 saturated heterocycles. The second-order valence-electron chi connectivity index (χ2n) is 8.52. The van der Waals surface area contributed by atoms with Crippen LogP contribution in [0.2, 0.25) is 0 Å². The predicted molar refractivity (Wildman–Crippen MR) is 121 cm³/mol. The van der Waals surface area contributed by atoms with Crippen molar-refractivity contribution in [1.29, 1.82) is 0 Å². The van der Waals surface area contributed by atoms with E-state index in [-0.39, 0.29) is 23.4 Å². The van der Waals surface area contributed by atoms with Crippen LogP contribution in [0.5, 0.6) is 11.5 Å². The number of benzene rings is 2. The molecule has 0 saturated carbocycles. The van der Waals surface area contributed by atoms with Crippen LogP contribution in [0.25, 0.3) is 0 Å². The van der Waals surface area contributed by atoms with Crippen LogP contribution in [-0.4, -0.2) is 23.2 Å². The first-order valence-electron chi connectivity index (χ1n) is 10.9. The number of allylic oxidation sites excluding steroid dienone is 2. The number of phenols is 1. The van der Waals surface area contributed by atoms with Gasteiger partial charge in [0.25, 0.3) is 0 Å². The largest absolute Gasteiger partial charge is 0.504 e. The quantitative estimate of drug-likeness (QED) is 0.591. The van der Waals surface area contributed by atoms with Crippen molar-refractivity contribution in [2.75, 3.05) is 12.4 Å². The number of carbonyl (C=O) groups is 1. The number of methoxy groups -OCH3 is 1. The first-order valence-corrected chi connectivity index (χ1v) is 10.9. The molecule has 2 aliphatic rings. The number of nitrogens with one attached hydrogen (secondary N) is 1. The molecule has 0 bridgehead atoms. The summed E-state index contributed by atoms with van der Waals surface area (Å²) in [7, 11) is 1.52. The lowest BCUT2D eigenvalue weighted by molar-refractivity contribution is -0.116. The van der Waals surface area contributed by atoms with Gasteiger partial charge in [0.2, 0.25) is 5.88 Å². The Morgan fingerprint density at radius 3 is 2.62 bits per heavy atom. The number of aryl methyl sites for hydroxylation is 2. The Morgan fingerprint density at radius 2 is 1.91 bits per heavy atom. The molecule has 0 radical (unpaired) electrons. The normalized spacial score (nSPS) is 19.9. The molecule has 1 aliphatic carbocycles. The van der Waals surface area contributed by atoms with Crippen molar-refractivity contribution in [2.45, 2.75) is 44.9 Å². The minimum atomic E-state index is -0.193. The summed E-state index contributed by atoms with van der Waals surface area (Å²) in [5.74, 6) is 1.02. The summed E-state index contributed by atoms with van der Waals surface area (Å²) in [6.07, 6.45) is 2.03. The first kappa shape index (κ1) is 20.4. The van der Waals surface area contributed by atoms with Crippen LogP contribution in [0.4, 0.5) is 5.88 Å². The topological polar surface area (TPSA) is 84.6 Å². The highest BCUT2D eigenvalue weighted by atomic mass is 16.5. The second-order valence-corrected chi connectivity index (χ2v) is 8.52. The highest BCUT2D eigenvalue weighted by Gasteiger charge is 2.41. The lowest BCUT2D eigenvalue weighted by atomic mass is 9.72. The Hall–Kier alpha value is -3.54. The molecule has 2 unspecified atom stereocenters. The lowest BCUT2D eigenvalue weighted by Gasteiger charge is -2.34. The molecule has 2 aromatic carbocycles. The Balaban J connectivity index is 1.58. The number of aromatic nitrogens is 1. The van der Waals surface area contributed by atoms with Crippen LogP contribution < -0.4 is 10.1 Å².